The van der Waals surface area contributed by atoms with Crippen LogP contribution in [0.5, 0.6) is 0 Å². The van der Waals surface area contributed by atoms with Crippen LogP contribution in [0.3, 0.4) is 0 Å². The Kier molecular flexibility index (Phi) is 5.71. The lowest BCUT2D eigenvalue weighted by atomic mass is 10.0. The van der Waals surface area contributed by atoms with Gasteiger partial charge >= 0.3 is 0 Å². The summed E-state index contributed by atoms with van der Waals surface area (Å²) < 4.78 is 13.2. The highest BCUT2D eigenvalue weighted by Gasteiger charge is 2.14. The minimum Gasteiger partial charge on any atom is -0.350 e. The molecule has 1 heterocycles. The van der Waals surface area contributed by atoms with Gasteiger partial charge in [0.2, 0.25) is 0 Å². The second-order valence-corrected chi connectivity index (χ2v) is 5.94. The number of pyridine rings is 1. The summed E-state index contributed by atoms with van der Waals surface area (Å²) in [6.45, 7) is 0.838. The van der Waals surface area contributed by atoms with Crippen molar-refractivity contribution in [3.8, 4) is 11.1 Å². The number of carbonyl (C=O) groups is 1. The molecule has 3 N–H and O–H groups in total. The van der Waals surface area contributed by atoms with Gasteiger partial charge in [-0.25, -0.2) is 4.39 Å². The average molecular weight is 349 g/mol. The number of nitrogens with two attached hydrogens (primary N) is 1. The molecule has 26 heavy (non-hydrogen) atoms. The van der Waals surface area contributed by atoms with Gasteiger partial charge in [0, 0.05) is 24.8 Å². The van der Waals surface area contributed by atoms with E-state index in [0.717, 1.165) is 22.3 Å². The number of halogens is 1. The Labute approximate surface area is 151 Å². The summed E-state index contributed by atoms with van der Waals surface area (Å²) in [6, 6.07) is 17.8. The second kappa shape index (κ2) is 8.36. The van der Waals surface area contributed by atoms with Gasteiger partial charge in [-0.2, -0.15) is 0 Å². The molecule has 0 atom stereocenters. The molecule has 1 aromatic heterocycles. The van der Waals surface area contributed by atoms with Crippen molar-refractivity contribution in [2.75, 3.05) is 6.54 Å². The summed E-state index contributed by atoms with van der Waals surface area (Å²) in [4.78, 5) is 16.8. The van der Waals surface area contributed by atoms with Gasteiger partial charge in [-0.15, -0.1) is 0 Å². The van der Waals surface area contributed by atoms with Crippen molar-refractivity contribution < 1.29 is 9.18 Å². The first-order valence-corrected chi connectivity index (χ1v) is 8.44. The molecule has 0 fully saturated rings. The molecule has 1 amide bonds. The van der Waals surface area contributed by atoms with Crippen LogP contribution >= 0.6 is 0 Å². The number of aromatic nitrogens is 1. The van der Waals surface area contributed by atoms with Crippen molar-refractivity contribution in [1.82, 2.24) is 10.3 Å². The molecule has 2 aromatic carbocycles. The Balaban J connectivity index is 1.73. The van der Waals surface area contributed by atoms with Crippen LogP contribution in [0.25, 0.3) is 11.1 Å². The maximum atomic E-state index is 13.2. The summed E-state index contributed by atoms with van der Waals surface area (Å²) in [7, 11) is 0. The number of amides is 1. The lowest BCUT2D eigenvalue weighted by molar-refractivity contribution is 0.0950. The minimum absolute atomic E-state index is 0.254. The molecule has 0 saturated heterocycles. The molecule has 132 valence electrons. The van der Waals surface area contributed by atoms with Gasteiger partial charge in [-0.3, -0.25) is 9.78 Å². The van der Waals surface area contributed by atoms with E-state index in [1.54, 1.807) is 18.3 Å². The molecule has 0 aliphatic heterocycles. The zero-order chi connectivity index (χ0) is 18.4. The number of benzene rings is 2. The van der Waals surface area contributed by atoms with E-state index in [9.17, 15) is 9.18 Å². The van der Waals surface area contributed by atoms with Crippen molar-refractivity contribution >= 4 is 5.91 Å². The standard InChI is InChI=1S/C21H20FN3O/c22-18-7-2-4-15(13-18)9-11-25-21(26)20-19(8-3-10-24-20)17-6-1-5-16(12-17)14-23/h1-8,10,12-13H,9,11,14,23H2,(H,25,26). The van der Waals surface area contributed by atoms with Gasteiger partial charge in [-0.1, -0.05) is 36.4 Å². The first-order chi connectivity index (χ1) is 12.7. The molecule has 3 aromatic rings. The van der Waals surface area contributed by atoms with Crippen molar-refractivity contribution in [3.63, 3.8) is 0 Å². The topological polar surface area (TPSA) is 68.0 Å². The van der Waals surface area contributed by atoms with Gasteiger partial charge in [0.1, 0.15) is 11.5 Å². The third-order valence-electron chi connectivity index (χ3n) is 4.08. The molecule has 0 aliphatic rings. The average Bonchev–Trinajstić information content (AvgIpc) is 2.68. The largest absolute Gasteiger partial charge is 0.350 e. The number of hydrogen-bond acceptors (Lipinski definition) is 3. The second-order valence-electron chi connectivity index (χ2n) is 5.94. The van der Waals surface area contributed by atoms with Crippen LogP contribution in [0.2, 0.25) is 0 Å². The highest BCUT2D eigenvalue weighted by molar-refractivity contribution is 5.98. The third-order valence-corrected chi connectivity index (χ3v) is 4.08. The van der Waals surface area contributed by atoms with Gasteiger partial charge in [0.25, 0.3) is 5.91 Å². The summed E-state index contributed by atoms with van der Waals surface area (Å²) >= 11 is 0. The molecule has 3 rings (SSSR count). The predicted molar refractivity (Wildman–Crippen MR) is 100 cm³/mol. The predicted octanol–water partition coefficient (Wildman–Crippen LogP) is 3.32. The van der Waals surface area contributed by atoms with Crippen LogP contribution in [0.4, 0.5) is 4.39 Å². The van der Waals surface area contributed by atoms with E-state index in [0.29, 0.717) is 25.2 Å². The lowest BCUT2D eigenvalue weighted by Gasteiger charge is -2.10. The summed E-state index contributed by atoms with van der Waals surface area (Å²) in [5.41, 5.74) is 9.55. The number of nitrogens with one attached hydrogen (secondary N) is 1. The molecule has 0 bridgehead atoms. The van der Waals surface area contributed by atoms with E-state index < -0.39 is 0 Å². The molecule has 0 unspecified atom stereocenters. The van der Waals surface area contributed by atoms with Crippen LogP contribution in [-0.2, 0) is 13.0 Å². The first kappa shape index (κ1) is 17.8. The quantitative estimate of drug-likeness (QED) is 0.717. The van der Waals surface area contributed by atoms with Crippen LogP contribution in [0.15, 0.2) is 66.9 Å². The molecular weight excluding hydrogens is 329 g/mol. The Morgan fingerprint density at radius 1 is 1.04 bits per heavy atom. The molecule has 0 aliphatic carbocycles. The smallest absolute Gasteiger partial charge is 0.270 e. The highest BCUT2D eigenvalue weighted by Crippen LogP contribution is 2.23. The van der Waals surface area contributed by atoms with Crippen LogP contribution < -0.4 is 11.1 Å². The van der Waals surface area contributed by atoms with Gasteiger partial charge < -0.3 is 11.1 Å². The van der Waals surface area contributed by atoms with Crippen LogP contribution in [0, 0.1) is 5.82 Å². The van der Waals surface area contributed by atoms with E-state index in [4.69, 9.17) is 5.73 Å². The van der Waals surface area contributed by atoms with Gasteiger partial charge in [-0.05, 0) is 47.4 Å². The zero-order valence-electron chi connectivity index (χ0n) is 14.3. The third kappa shape index (κ3) is 4.32. The summed E-state index contributed by atoms with van der Waals surface area (Å²) in [5.74, 6) is -0.532. The van der Waals surface area contributed by atoms with E-state index in [2.05, 4.69) is 10.3 Å². The Bertz CT molecular complexity index is 911. The highest BCUT2D eigenvalue weighted by atomic mass is 19.1. The van der Waals surface area contributed by atoms with E-state index in [-0.39, 0.29) is 11.7 Å². The fraction of sp³-hybridized carbons (Fsp3) is 0.143. The maximum absolute atomic E-state index is 13.2. The monoisotopic (exact) mass is 349 g/mol. The van der Waals surface area contributed by atoms with Crippen molar-refractivity contribution in [2.45, 2.75) is 13.0 Å². The van der Waals surface area contributed by atoms with Gasteiger partial charge in [0.05, 0.1) is 0 Å². The Hall–Kier alpha value is -3.05. The van der Waals surface area contributed by atoms with Crippen LogP contribution in [-0.4, -0.2) is 17.4 Å². The lowest BCUT2D eigenvalue weighted by Crippen LogP contribution is -2.27. The maximum Gasteiger partial charge on any atom is 0.270 e. The molecule has 0 radical (unpaired) electrons. The van der Waals surface area contributed by atoms with Crippen LogP contribution in [0.1, 0.15) is 21.6 Å². The van der Waals surface area contributed by atoms with Crippen molar-refractivity contribution in [2.24, 2.45) is 5.73 Å². The fourth-order valence-electron chi connectivity index (χ4n) is 2.78. The summed E-state index contributed by atoms with van der Waals surface area (Å²) in [6.07, 6.45) is 2.14. The SMILES string of the molecule is NCc1cccc(-c2cccnc2C(=O)NCCc2cccc(F)c2)c1. The first-order valence-electron chi connectivity index (χ1n) is 8.44. The molecular formula is C21H20FN3O. The molecule has 0 saturated carbocycles. The normalized spacial score (nSPS) is 10.5. The van der Waals surface area contributed by atoms with Crippen molar-refractivity contribution in [1.29, 1.82) is 0 Å². The van der Waals surface area contributed by atoms with Crippen molar-refractivity contribution in [3.05, 3.63) is 89.5 Å². The molecule has 4 nitrogen and oxygen atoms in total. The number of rotatable bonds is 6. The Morgan fingerprint density at radius 2 is 1.85 bits per heavy atom. The zero-order valence-corrected chi connectivity index (χ0v) is 14.3. The van der Waals surface area contributed by atoms with E-state index in [1.165, 1.54) is 12.1 Å². The van der Waals surface area contributed by atoms with E-state index >= 15 is 0 Å². The number of nitrogens with zero attached hydrogens (tertiary/aromatic N) is 1. The van der Waals surface area contributed by atoms with Gasteiger partial charge in [0.15, 0.2) is 0 Å². The Morgan fingerprint density at radius 3 is 2.65 bits per heavy atom. The number of hydrogen-bond donors (Lipinski definition) is 2. The van der Waals surface area contributed by atoms with E-state index in [1.807, 2.05) is 36.4 Å². The molecule has 0 spiro atoms. The summed E-state index contributed by atoms with van der Waals surface area (Å²) in [5, 5.41) is 2.86. The number of carbonyl (C=O) groups excluding carboxylic acids is 1. The molecule has 5 heteroatoms. The fourth-order valence-corrected chi connectivity index (χ4v) is 2.78. The minimum atomic E-state index is -0.277.